The van der Waals surface area contributed by atoms with Gasteiger partial charge in [-0.2, -0.15) is 0 Å². The van der Waals surface area contributed by atoms with Crippen molar-refractivity contribution in [3.05, 3.63) is 29.8 Å². The summed E-state index contributed by atoms with van der Waals surface area (Å²) in [7, 11) is 5.22. The number of halogens is 1. The molecule has 31 heavy (non-hydrogen) atoms. The first-order chi connectivity index (χ1) is 14.5. The predicted octanol–water partition coefficient (Wildman–Crippen LogP) is 2.55. The molecule has 0 bridgehead atoms. The Morgan fingerprint density at radius 2 is 1.90 bits per heavy atom. The van der Waals surface area contributed by atoms with Crippen molar-refractivity contribution in [1.29, 1.82) is 0 Å². The van der Waals surface area contributed by atoms with E-state index in [-0.39, 0.29) is 36.4 Å². The van der Waals surface area contributed by atoms with Gasteiger partial charge in [-0.15, -0.1) is 24.0 Å². The lowest BCUT2D eigenvalue weighted by Crippen LogP contribution is -2.42. The lowest BCUT2D eigenvalue weighted by atomic mass is 10.1. The number of nitrogens with one attached hydrogen (secondary N) is 1. The van der Waals surface area contributed by atoms with Crippen molar-refractivity contribution in [3.8, 4) is 5.75 Å². The summed E-state index contributed by atoms with van der Waals surface area (Å²) >= 11 is 0. The van der Waals surface area contributed by atoms with Gasteiger partial charge >= 0.3 is 0 Å². The topological polar surface area (TPSA) is 60.4 Å². The van der Waals surface area contributed by atoms with Gasteiger partial charge in [0, 0.05) is 40.3 Å². The van der Waals surface area contributed by atoms with Crippen molar-refractivity contribution in [2.45, 2.75) is 26.7 Å². The van der Waals surface area contributed by atoms with Crippen LogP contribution in [0.1, 0.15) is 25.8 Å². The molecule has 1 heterocycles. The maximum atomic E-state index is 12.1. The molecule has 7 nitrogen and oxygen atoms in total. The molecule has 1 unspecified atom stereocenters. The van der Waals surface area contributed by atoms with Gasteiger partial charge in [-0.05, 0) is 49.5 Å². The number of likely N-dealkylation sites (N-methyl/N-ethyl adjacent to an activating group) is 1. The second kappa shape index (κ2) is 14.5. The monoisotopic (exact) mass is 545 g/mol. The van der Waals surface area contributed by atoms with Crippen LogP contribution in [0.25, 0.3) is 0 Å². The fourth-order valence-electron chi connectivity index (χ4n) is 3.68. The molecular formula is C23H40IN5O2. The van der Waals surface area contributed by atoms with Crippen LogP contribution < -0.4 is 10.1 Å². The summed E-state index contributed by atoms with van der Waals surface area (Å²) in [6.45, 7) is 10.7. The van der Waals surface area contributed by atoms with Crippen LogP contribution in [0.2, 0.25) is 0 Å². The number of amides is 1. The van der Waals surface area contributed by atoms with E-state index in [0.29, 0.717) is 5.92 Å². The predicted molar refractivity (Wildman–Crippen MR) is 139 cm³/mol. The van der Waals surface area contributed by atoms with Crippen LogP contribution in [0.3, 0.4) is 0 Å². The minimum atomic E-state index is 0. The molecule has 1 aliphatic heterocycles. The van der Waals surface area contributed by atoms with Gasteiger partial charge in [0.1, 0.15) is 12.3 Å². The highest BCUT2D eigenvalue weighted by atomic mass is 127. The first-order valence-corrected chi connectivity index (χ1v) is 11.1. The van der Waals surface area contributed by atoms with E-state index >= 15 is 0 Å². The Morgan fingerprint density at radius 3 is 2.48 bits per heavy atom. The van der Waals surface area contributed by atoms with Crippen molar-refractivity contribution in [2.24, 2.45) is 10.9 Å². The van der Waals surface area contributed by atoms with Crippen LogP contribution in [0.5, 0.6) is 5.75 Å². The minimum Gasteiger partial charge on any atom is -0.497 e. The van der Waals surface area contributed by atoms with E-state index < -0.39 is 0 Å². The van der Waals surface area contributed by atoms with E-state index in [1.807, 2.05) is 12.1 Å². The molecule has 1 N–H and O–H groups in total. The number of methoxy groups -OCH3 is 1. The highest BCUT2D eigenvalue weighted by molar-refractivity contribution is 14.0. The second-order valence-corrected chi connectivity index (χ2v) is 8.04. The van der Waals surface area contributed by atoms with Gasteiger partial charge in [-0.3, -0.25) is 4.79 Å². The molecule has 1 amide bonds. The average molecular weight is 546 g/mol. The van der Waals surface area contributed by atoms with E-state index in [2.05, 4.69) is 46.1 Å². The number of aliphatic imine (C=N–C) groups is 1. The van der Waals surface area contributed by atoms with Crippen LogP contribution in [-0.4, -0.2) is 93.6 Å². The van der Waals surface area contributed by atoms with E-state index in [4.69, 9.17) is 4.74 Å². The van der Waals surface area contributed by atoms with Crippen molar-refractivity contribution >= 4 is 35.8 Å². The largest absolute Gasteiger partial charge is 0.497 e. The normalized spacial score (nSPS) is 16.3. The molecule has 8 heteroatoms. The molecule has 1 fully saturated rings. The van der Waals surface area contributed by atoms with Crippen LogP contribution in [0.4, 0.5) is 0 Å². The number of benzene rings is 1. The molecule has 0 spiro atoms. The number of rotatable bonds is 10. The third kappa shape index (κ3) is 9.22. The van der Waals surface area contributed by atoms with Crippen LogP contribution >= 0.6 is 24.0 Å². The zero-order valence-corrected chi connectivity index (χ0v) is 22.1. The third-order valence-corrected chi connectivity index (χ3v) is 5.71. The molecule has 176 valence electrons. The fraction of sp³-hybridized carbons (Fsp3) is 0.652. The van der Waals surface area contributed by atoms with Gasteiger partial charge in [-0.25, -0.2) is 4.99 Å². The second-order valence-electron chi connectivity index (χ2n) is 8.04. The summed E-state index contributed by atoms with van der Waals surface area (Å²) in [6, 6.07) is 8.14. The minimum absolute atomic E-state index is 0. The lowest BCUT2D eigenvalue weighted by Gasteiger charge is -2.25. The highest BCUT2D eigenvalue weighted by Gasteiger charge is 2.26. The van der Waals surface area contributed by atoms with Gasteiger partial charge in [0.15, 0.2) is 5.96 Å². The summed E-state index contributed by atoms with van der Waals surface area (Å²) in [6.07, 6.45) is 2.05. The molecule has 0 saturated carbocycles. The molecule has 1 saturated heterocycles. The van der Waals surface area contributed by atoms with E-state index in [9.17, 15) is 4.79 Å². The average Bonchev–Trinajstić information content (AvgIpc) is 3.22. The molecule has 1 aliphatic rings. The van der Waals surface area contributed by atoms with Gasteiger partial charge in [0.05, 0.1) is 7.11 Å². The molecule has 1 aromatic rings. The summed E-state index contributed by atoms with van der Waals surface area (Å²) < 4.78 is 5.23. The third-order valence-electron chi connectivity index (χ3n) is 5.71. The number of hydrogen-bond acceptors (Lipinski definition) is 4. The first-order valence-electron chi connectivity index (χ1n) is 11.1. The first kappa shape index (κ1) is 27.5. The SMILES string of the molecule is CCN(CC)CC1CCN(C(=NCC(=O)N(C)C)NCCc2ccc(OC)cc2)C1.I. The quantitative estimate of drug-likeness (QED) is 0.278. The van der Waals surface area contributed by atoms with Crippen molar-refractivity contribution in [1.82, 2.24) is 20.0 Å². The number of guanidine groups is 1. The van der Waals surface area contributed by atoms with Crippen LogP contribution in [-0.2, 0) is 11.2 Å². The van der Waals surface area contributed by atoms with E-state index in [1.54, 1.807) is 26.1 Å². The Morgan fingerprint density at radius 1 is 1.23 bits per heavy atom. The Hall–Kier alpha value is -1.55. The van der Waals surface area contributed by atoms with Gasteiger partial charge in [0.25, 0.3) is 0 Å². The number of ether oxygens (including phenoxy) is 1. The van der Waals surface area contributed by atoms with Crippen molar-refractivity contribution in [3.63, 3.8) is 0 Å². The molecule has 2 rings (SSSR count). The Bertz CT molecular complexity index is 677. The lowest BCUT2D eigenvalue weighted by molar-refractivity contribution is -0.127. The maximum Gasteiger partial charge on any atom is 0.243 e. The smallest absolute Gasteiger partial charge is 0.243 e. The Labute approximate surface area is 205 Å². The maximum absolute atomic E-state index is 12.1. The zero-order valence-electron chi connectivity index (χ0n) is 19.8. The van der Waals surface area contributed by atoms with E-state index in [0.717, 1.165) is 63.8 Å². The number of nitrogens with zero attached hydrogens (tertiary/aromatic N) is 4. The van der Waals surface area contributed by atoms with Crippen molar-refractivity contribution < 1.29 is 9.53 Å². The van der Waals surface area contributed by atoms with Crippen LogP contribution in [0.15, 0.2) is 29.3 Å². The standard InChI is InChI=1S/C23H39N5O2.HI/c1-6-27(7-2)17-20-13-15-28(18-20)23(25-16-22(29)26(3)4)24-14-12-19-8-10-21(30-5)11-9-19;/h8-11,20H,6-7,12-18H2,1-5H3,(H,24,25);1H. The molecule has 0 aliphatic carbocycles. The number of likely N-dealkylation sites (tertiary alicyclic amines) is 1. The zero-order chi connectivity index (χ0) is 21.9. The van der Waals surface area contributed by atoms with E-state index in [1.165, 1.54) is 5.56 Å². The van der Waals surface area contributed by atoms with Gasteiger partial charge in [-0.1, -0.05) is 26.0 Å². The molecule has 0 aromatic heterocycles. The van der Waals surface area contributed by atoms with Crippen molar-refractivity contribution in [2.75, 3.05) is 67.0 Å². The summed E-state index contributed by atoms with van der Waals surface area (Å²) in [5.41, 5.74) is 1.24. The molecule has 1 aromatic carbocycles. The number of hydrogen-bond donors (Lipinski definition) is 1. The summed E-state index contributed by atoms with van der Waals surface area (Å²) in [5.74, 6) is 2.37. The van der Waals surface area contributed by atoms with Gasteiger partial charge in [0.2, 0.25) is 5.91 Å². The van der Waals surface area contributed by atoms with Crippen LogP contribution in [0, 0.1) is 5.92 Å². The summed E-state index contributed by atoms with van der Waals surface area (Å²) in [4.78, 5) is 23.1. The molecular weight excluding hydrogens is 505 g/mol. The number of carbonyl (C=O) groups is 1. The van der Waals surface area contributed by atoms with Gasteiger partial charge < -0.3 is 24.8 Å². The molecule has 1 atom stereocenters. The highest BCUT2D eigenvalue weighted by Crippen LogP contribution is 2.18. The number of carbonyl (C=O) groups excluding carboxylic acids is 1. The Kier molecular flexibility index (Phi) is 12.9. The summed E-state index contributed by atoms with van der Waals surface area (Å²) in [5, 5.41) is 3.50. The molecule has 0 radical (unpaired) electrons. The Balaban J connectivity index is 0.00000480. The fourth-order valence-corrected chi connectivity index (χ4v) is 3.68.